The van der Waals surface area contributed by atoms with Crippen LogP contribution in [0.25, 0.3) is 10.9 Å². The standard InChI is InChI=1S/C19H19F2N5/c1-13-10-26(7-6-25(13)11-14-4-5-22-9-17(14)21)19-16-8-15(20)2-3-18(16)23-12-24-19/h2-5,8-9,12-13H,6-7,10-11H2,1H3. The summed E-state index contributed by atoms with van der Waals surface area (Å²) in [6.07, 6.45) is 4.37. The second-order valence-corrected chi connectivity index (χ2v) is 6.59. The Bertz CT molecular complexity index is 933. The number of halogens is 2. The van der Waals surface area contributed by atoms with E-state index in [4.69, 9.17) is 0 Å². The zero-order valence-electron chi connectivity index (χ0n) is 14.4. The minimum absolute atomic E-state index is 0.204. The Morgan fingerprint density at radius 3 is 2.85 bits per heavy atom. The van der Waals surface area contributed by atoms with E-state index < -0.39 is 0 Å². The lowest BCUT2D eigenvalue weighted by molar-refractivity contribution is 0.178. The van der Waals surface area contributed by atoms with Crippen molar-refractivity contribution in [2.45, 2.75) is 19.5 Å². The Kier molecular flexibility index (Phi) is 4.46. The monoisotopic (exact) mass is 355 g/mol. The fourth-order valence-electron chi connectivity index (χ4n) is 3.44. The van der Waals surface area contributed by atoms with Gasteiger partial charge in [0.25, 0.3) is 0 Å². The fourth-order valence-corrected chi connectivity index (χ4v) is 3.44. The molecule has 1 fully saturated rings. The molecule has 1 atom stereocenters. The molecule has 5 nitrogen and oxygen atoms in total. The lowest BCUT2D eigenvalue weighted by Crippen LogP contribution is -2.51. The molecule has 0 N–H and O–H groups in total. The first-order valence-electron chi connectivity index (χ1n) is 8.59. The van der Waals surface area contributed by atoms with Crippen LogP contribution in [-0.2, 0) is 6.54 Å². The molecule has 26 heavy (non-hydrogen) atoms. The average molecular weight is 355 g/mol. The van der Waals surface area contributed by atoms with Crippen LogP contribution in [0.3, 0.4) is 0 Å². The van der Waals surface area contributed by atoms with Crippen LogP contribution in [-0.4, -0.2) is 45.5 Å². The molecule has 0 spiro atoms. The topological polar surface area (TPSA) is 45.2 Å². The number of anilines is 1. The zero-order chi connectivity index (χ0) is 18.1. The molecule has 134 valence electrons. The van der Waals surface area contributed by atoms with Crippen LogP contribution in [0.2, 0.25) is 0 Å². The highest BCUT2D eigenvalue weighted by atomic mass is 19.1. The summed E-state index contributed by atoms with van der Waals surface area (Å²) in [6, 6.07) is 6.48. The van der Waals surface area contributed by atoms with Crippen molar-refractivity contribution >= 4 is 16.7 Å². The van der Waals surface area contributed by atoms with Gasteiger partial charge < -0.3 is 4.90 Å². The van der Waals surface area contributed by atoms with E-state index in [1.54, 1.807) is 18.3 Å². The van der Waals surface area contributed by atoms with Gasteiger partial charge in [-0.3, -0.25) is 9.88 Å². The fraction of sp³-hybridized carbons (Fsp3) is 0.316. The van der Waals surface area contributed by atoms with Gasteiger partial charge in [0.2, 0.25) is 0 Å². The molecule has 1 aromatic carbocycles. The number of fused-ring (bicyclic) bond motifs is 1. The summed E-state index contributed by atoms with van der Waals surface area (Å²) in [5.74, 6) is 0.170. The summed E-state index contributed by atoms with van der Waals surface area (Å²) in [7, 11) is 0. The molecule has 1 unspecified atom stereocenters. The summed E-state index contributed by atoms with van der Waals surface area (Å²) in [5.41, 5.74) is 1.38. The van der Waals surface area contributed by atoms with Crippen molar-refractivity contribution in [3.05, 3.63) is 60.2 Å². The molecule has 0 saturated carbocycles. The maximum atomic E-state index is 13.9. The molecular weight excluding hydrogens is 336 g/mol. The third kappa shape index (κ3) is 3.22. The molecule has 1 aliphatic heterocycles. The molecule has 3 aromatic rings. The van der Waals surface area contributed by atoms with Crippen molar-refractivity contribution < 1.29 is 8.78 Å². The highest BCUT2D eigenvalue weighted by Gasteiger charge is 2.26. The molecule has 4 rings (SSSR count). The molecule has 0 amide bonds. The molecule has 0 aliphatic carbocycles. The van der Waals surface area contributed by atoms with E-state index in [1.807, 2.05) is 0 Å². The van der Waals surface area contributed by atoms with Gasteiger partial charge in [-0.1, -0.05) is 0 Å². The van der Waals surface area contributed by atoms with Gasteiger partial charge in [0.15, 0.2) is 0 Å². The lowest BCUT2D eigenvalue weighted by atomic mass is 10.1. The number of nitrogens with zero attached hydrogens (tertiary/aromatic N) is 5. The van der Waals surface area contributed by atoms with Crippen LogP contribution in [0.5, 0.6) is 0 Å². The minimum Gasteiger partial charge on any atom is -0.353 e. The van der Waals surface area contributed by atoms with Gasteiger partial charge in [0, 0.05) is 49.4 Å². The van der Waals surface area contributed by atoms with Crippen molar-refractivity contribution in [2.75, 3.05) is 24.5 Å². The van der Waals surface area contributed by atoms with Crippen LogP contribution in [0.4, 0.5) is 14.6 Å². The van der Waals surface area contributed by atoms with E-state index in [0.29, 0.717) is 17.5 Å². The van der Waals surface area contributed by atoms with Crippen LogP contribution in [0.1, 0.15) is 12.5 Å². The van der Waals surface area contributed by atoms with Crippen molar-refractivity contribution in [1.82, 2.24) is 19.9 Å². The van der Waals surface area contributed by atoms with E-state index in [0.717, 1.165) is 31.0 Å². The second-order valence-electron chi connectivity index (χ2n) is 6.59. The van der Waals surface area contributed by atoms with E-state index in [2.05, 4.69) is 31.7 Å². The normalized spacial score (nSPS) is 18.4. The van der Waals surface area contributed by atoms with Gasteiger partial charge in [0.1, 0.15) is 23.8 Å². The van der Waals surface area contributed by atoms with Crippen LogP contribution >= 0.6 is 0 Å². The van der Waals surface area contributed by atoms with E-state index >= 15 is 0 Å². The number of pyridine rings is 1. The van der Waals surface area contributed by atoms with Gasteiger partial charge in [0.05, 0.1) is 11.7 Å². The first kappa shape index (κ1) is 16.8. The molecule has 1 aliphatic rings. The lowest BCUT2D eigenvalue weighted by Gasteiger charge is -2.40. The first-order chi connectivity index (χ1) is 12.6. The Balaban J connectivity index is 1.54. The number of hydrogen-bond donors (Lipinski definition) is 0. The van der Waals surface area contributed by atoms with Crippen LogP contribution in [0.15, 0.2) is 43.0 Å². The summed E-state index contributed by atoms with van der Waals surface area (Å²) in [6.45, 7) is 4.89. The van der Waals surface area contributed by atoms with Gasteiger partial charge >= 0.3 is 0 Å². The Labute approximate surface area is 150 Å². The zero-order valence-corrected chi connectivity index (χ0v) is 14.4. The Morgan fingerprint density at radius 1 is 1.15 bits per heavy atom. The molecule has 3 heterocycles. The number of benzene rings is 1. The first-order valence-corrected chi connectivity index (χ1v) is 8.59. The summed E-state index contributed by atoms with van der Waals surface area (Å²) in [4.78, 5) is 16.8. The Hall–Kier alpha value is -2.67. The van der Waals surface area contributed by atoms with Crippen molar-refractivity contribution in [2.24, 2.45) is 0 Å². The number of rotatable bonds is 3. The number of aromatic nitrogens is 3. The van der Waals surface area contributed by atoms with Gasteiger partial charge in [-0.2, -0.15) is 0 Å². The van der Waals surface area contributed by atoms with Crippen molar-refractivity contribution in [3.63, 3.8) is 0 Å². The SMILES string of the molecule is CC1CN(c2ncnc3ccc(F)cc23)CCN1Cc1ccncc1F. The molecular formula is C19H19F2N5. The highest BCUT2D eigenvalue weighted by Crippen LogP contribution is 2.26. The smallest absolute Gasteiger partial charge is 0.145 e. The largest absolute Gasteiger partial charge is 0.353 e. The van der Waals surface area contributed by atoms with Crippen LogP contribution in [0, 0.1) is 11.6 Å². The molecule has 2 aromatic heterocycles. The average Bonchev–Trinajstić information content (AvgIpc) is 2.64. The quantitative estimate of drug-likeness (QED) is 0.723. The van der Waals surface area contributed by atoms with Gasteiger partial charge in [-0.15, -0.1) is 0 Å². The summed E-state index contributed by atoms with van der Waals surface area (Å²) >= 11 is 0. The van der Waals surface area contributed by atoms with Gasteiger partial charge in [-0.05, 0) is 31.2 Å². The van der Waals surface area contributed by atoms with Crippen molar-refractivity contribution in [3.8, 4) is 0 Å². The molecule has 0 bridgehead atoms. The molecule has 7 heteroatoms. The molecule has 0 radical (unpaired) electrons. The van der Waals surface area contributed by atoms with Gasteiger partial charge in [-0.25, -0.2) is 18.7 Å². The highest BCUT2D eigenvalue weighted by molar-refractivity contribution is 5.89. The summed E-state index contributed by atoms with van der Waals surface area (Å²) < 4.78 is 27.6. The Morgan fingerprint density at radius 2 is 2.04 bits per heavy atom. The number of piperazine rings is 1. The second kappa shape index (κ2) is 6.92. The maximum absolute atomic E-state index is 13.9. The predicted molar refractivity (Wildman–Crippen MR) is 95.8 cm³/mol. The third-order valence-corrected chi connectivity index (χ3v) is 4.87. The number of hydrogen-bond acceptors (Lipinski definition) is 5. The summed E-state index contributed by atoms with van der Waals surface area (Å²) in [5, 5.41) is 0.716. The third-order valence-electron chi connectivity index (χ3n) is 4.87. The van der Waals surface area contributed by atoms with Crippen molar-refractivity contribution in [1.29, 1.82) is 0 Å². The minimum atomic E-state index is -0.298. The maximum Gasteiger partial charge on any atom is 0.145 e. The predicted octanol–water partition coefficient (Wildman–Crippen LogP) is 3.01. The van der Waals surface area contributed by atoms with Crippen LogP contribution < -0.4 is 4.90 Å². The van der Waals surface area contributed by atoms with E-state index in [-0.39, 0.29) is 17.7 Å². The van der Waals surface area contributed by atoms with E-state index in [9.17, 15) is 8.78 Å². The molecule has 1 saturated heterocycles. The van der Waals surface area contributed by atoms with E-state index in [1.165, 1.54) is 24.7 Å².